The highest BCUT2D eigenvalue weighted by Gasteiger charge is 2.09. The van der Waals surface area contributed by atoms with E-state index < -0.39 is 0 Å². The Morgan fingerprint density at radius 1 is 0.926 bits per heavy atom. The monoisotopic (exact) mass is 374 g/mol. The predicted octanol–water partition coefficient (Wildman–Crippen LogP) is 4.23. The average molecular weight is 374 g/mol. The Morgan fingerprint density at radius 2 is 1.74 bits per heavy atom. The summed E-state index contributed by atoms with van der Waals surface area (Å²) in [6.45, 7) is 2.65. The summed E-state index contributed by atoms with van der Waals surface area (Å²) in [7, 11) is 0. The van der Waals surface area contributed by atoms with E-state index in [2.05, 4.69) is 37.4 Å². The first-order chi connectivity index (χ1) is 13.3. The average Bonchev–Trinajstić information content (AvgIpc) is 3.22. The second-order valence-electron chi connectivity index (χ2n) is 5.88. The third-order valence-electron chi connectivity index (χ3n) is 3.99. The van der Waals surface area contributed by atoms with Crippen molar-refractivity contribution < 1.29 is 0 Å². The maximum absolute atomic E-state index is 4.64. The van der Waals surface area contributed by atoms with Crippen molar-refractivity contribution in [2.75, 3.05) is 5.32 Å². The molecule has 0 bridgehead atoms. The molecule has 0 saturated carbocycles. The molecule has 0 amide bonds. The molecule has 0 aliphatic heterocycles. The third-order valence-corrected chi connectivity index (χ3v) is 4.96. The van der Waals surface area contributed by atoms with E-state index in [-0.39, 0.29) is 0 Å². The summed E-state index contributed by atoms with van der Waals surface area (Å²) in [5, 5.41) is 13.8. The molecule has 7 heteroatoms. The Hall–Kier alpha value is -3.19. The number of benzene rings is 1. The van der Waals surface area contributed by atoms with E-state index in [0.29, 0.717) is 12.4 Å². The molecule has 0 aliphatic rings. The van der Waals surface area contributed by atoms with Gasteiger partial charge in [0, 0.05) is 35.3 Å². The first-order valence-corrected chi connectivity index (χ1v) is 9.53. The van der Waals surface area contributed by atoms with Crippen LogP contribution in [0.3, 0.4) is 0 Å². The van der Waals surface area contributed by atoms with Crippen molar-refractivity contribution in [3.8, 4) is 22.0 Å². The maximum Gasteiger partial charge on any atom is 0.161 e. The van der Waals surface area contributed by atoms with Crippen LogP contribution in [0.25, 0.3) is 22.0 Å². The summed E-state index contributed by atoms with van der Waals surface area (Å²) >= 11 is 1.58. The molecule has 6 nitrogen and oxygen atoms in total. The predicted molar refractivity (Wildman–Crippen MR) is 107 cm³/mol. The molecule has 3 aromatic heterocycles. The van der Waals surface area contributed by atoms with Crippen LogP contribution in [-0.4, -0.2) is 25.1 Å². The summed E-state index contributed by atoms with van der Waals surface area (Å²) in [6.07, 6.45) is 4.33. The van der Waals surface area contributed by atoms with Crippen molar-refractivity contribution in [3.05, 3.63) is 71.6 Å². The standard InChI is InChI=1S/C20H18N6S/c1-2-16-12-17(24-19(23-16)14-8-10-21-11-9-14)22-13-18-25-26-20(27-18)15-6-4-3-5-7-15/h3-12H,2,13H2,1H3,(H,22,23,24). The second kappa shape index (κ2) is 8.01. The zero-order chi connectivity index (χ0) is 18.5. The number of aromatic nitrogens is 5. The fraction of sp³-hybridized carbons (Fsp3) is 0.150. The van der Waals surface area contributed by atoms with Crippen LogP contribution >= 0.6 is 11.3 Å². The van der Waals surface area contributed by atoms with Crippen LogP contribution in [0.15, 0.2) is 60.9 Å². The van der Waals surface area contributed by atoms with Crippen molar-refractivity contribution >= 4 is 17.2 Å². The molecule has 27 heavy (non-hydrogen) atoms. The van der Waals surface area contributed by atoms with E-state index in [0.717, 1.165) is 39.1 Å². The summed E-state index contributed by atoms with van der Waals surface area (Å²) in [4.78, 5) is 13.3. The fourth-order valence-corrected chi connectivity index (χ4v) is 3.37. The van der Waals surface area contributed by atoms with Crippen molar-refractivity contribution in [1.29, 1.82) is 0 Å². The summed E-state index contributed by atoms with van der Waals surface area (Å²) in [6, 6.07) is 15.9. The van der Waals surface area contributed by atoms with Gasteiger partial charge in [-0.3, -0.25) is 4.98 Å². The van der Waals surface area contributed by atoms with E-state index in [1.54, 1.807) is 23.7 Å². The Labute approximate surface area is 161 Å². The molecule has 0 saturated heterocycles. The second-order valence-corrected chi connectivity index (χ2v) is 6.94. The molecular formula is C20H18N6S. The van der Waals surface area contributed by atoms with Gasteiger partial charge >= 0.3 is 0 Å². The molecule has 0 aliphatic carbocycles. The molecule has 0 unspecified atom stereocenters. The highest BCUT2D eigenvalue weighted by atomic mass is 32.1. The Kier molecular flexibility index (Phi) is 5.11. The minimum atomic E-state index is 0.570. The van der Waals surface area contributed by atoms with Crippen molar-refractivity contribution in [1.82, 2.24) is 25.1 Å². The number of hydrogen-bond donors (Lipinski definition) is 1. The number of pyridine rings is 1. The minimum Gasteiger partial charge on any atom is -0.363 e. The molecule has 3 heterocycles. The quantitative estimate of drug-likeness (QED) is 0.544. The normalized spacial score (nSPS) is 10.7. The van der Waals surface area contributed by atoms with Gasteiger partial charge in [-0.15, -0.1) is 10.2 Å². The van der Waals surface area contributed by atoms with Crippen LogP contribution in [0.1, 0.15) is 17.6 Å². The topological polar surface area (TPSA) is 76.5 Å². The van der Waals surface area contributed by atoms with Crippen molar-refractivity contribution in [3.63, 3.8) is 0 Å². The van der Waals surface area contributed by atoms with Crippen LogP contribution in [-0.2, 0) is 13.0 Å². The fourth-order valence-electron chi connectivity index (χ4n) is 2.59. The van der Waals surface area contributed by atoms with Crippen LogP contribution in [0, 0.1) is 0 Å². The van der Waals surface area contributed by atoms with E-state index in [9.17, 15) is 0 Å². The van der Waals surface area contributed by atoms with Gasteiger partial charge in [0.2, 0.25) is 0 Å². The maximum atomic E-state index is 4.64. The molecule has 1 N–H and O–H groups in total. The molecular weight excluding hydrogens is 356 g/mol. The lowest BCUT2D eigenvalue weighted by Gasteiger charge is -2.08. The lowest BCUT2D eigenvalue weighted by atomic mass is 10.2. The van der Waals surface area contributed by atoms with Crippen molar-refractivity contribution in [2.24, 2.45) is 0 Å². The number of nitrogens with zero attached hydrogens (tertiary/aromatic N) is 5. The smallest absolute Gasteiger partial charge is 0.161 e. The zero-order valence-electron chi connectivity index (χ0n) is 14.8. The van der Waals surface area contributed by atoms with Crippen LogP contribution in [0.5, 0.6) is 0 Å². The Balaban J connectivity index is 1.52. The van der Waals surface area contributed by atoms with Gasteiger partial charge in [0.1, 0.15) is 15.8 Å². The number of aryl methyl sites for hydroxylation is 1. The highest BCUT2D eigenvalue weighted by Crippen LogP contribution is 2.24. The molecule has 1 aromatic carbocycles. The van der Waals surface area contributed by atoms with Crippen LogP contribution in [0.2, 0.25) is 0 Å². The Morgan fingerprint density at radius 3 is 2.52 bits per heavy atom. The lowest BCUT2D eigenvalue weighted by molar-refractivity contribution is 0.966. The van der Waals surface area contributed by atoms with Gasteiger partial charge in [-0.2, -0.15) is 0 Å². The molecule has 4 aromatic rings. The molecule has 0 spiro atoms. The number of hydrogen-bond acceptors (Lipinski definition) is 7. The summed E-state index contributed by atoms with van der Waals surface area (Å²) in [5.74, 6) is 1.48. The van der Waals surface area contributed by atoms with Gasteiger partial charge in [0.05, 0.1) is 6.54 Å². The van der Waals surface area contributed by atoms with Crippen LogP contribution < -0.4 is 5.32 Å². The Bertz CT molecular complexity index is 1020. The van der Waals surface area contributed by atoms with Gasteiger partial charge in [-0.1, -0.05) is 48.6 Å². The first kappa shape index (κ1) is 17.2. The van der Waals surface area contributed by atoms with E-state index in [4.69, 9.17) is 0 Å². The molecule has 134 valence electrons. The van der Waals surface area contributed by atoms with Crippen molar-refractivity contribution in [2.45, 2.75) is 19.9 Å². The molecule has 4 rings (SSSR count). The largest absolute Gasteiger partial charge is 0.363 e. The summed E-state index contributed by atoms with van der Waals surface area (Å²) in [5.41, 5.74) is 3.02. The number of rotatable bonds is 6. The first-order valence-electron chi connectivity index (χ1n) is 8.72. The highest BCUT2D eigenvalue weighted by molar-refractivity contribution is 7.14. The molecule has 0 atom stereocenters. The summed E-state index contributed by atoms with van der Waals surface area (Å²) < 4.78 is 0. The van der Waals surface area contributed by atoms with Crippen LogP contribution in [0.4, 0.5) is 5.82 Å². The van der Waals surface area contributed by atoms with Gasteiger partial charge in [-0.05, 0) is 18.6 Å². The third kappa shape index (κ3) is 4.15. The molecule has 0 radical (unpaired) electrons. The number of nitrogens with one attached hydrogen (secondary N) is 1. The van der Waals surface area contributed by atoms with E-state index in [1.807, 2.05) is 48.5 Å². The van der Waals surface area contributed by atoms with Gasteiger partial charge in [0.15, 0.2) is 5.82 Å². The van der Waals surface area contributed by atoms with Gasteiger partial charge in [0.25, 0.3) is 0 Å². The number of anilines is 1. The van der Waals surface area contributed by atoms with E-state index in [1.165, 1.54) is 0 Å². The van der Waals surface area contributed by atoms with E-state index >= 15 is 0 Å². The SMILES string of the molecule is CCc1cc(NCc2nnc(-c3ccccc3)s2)nc(-c2ccncc2)n1. The van der Waals surface area contributed by atoms with Gasteiger partial charge in [-0.25, -0.2) is 9.97 Å². The minimum absolute atomic E-state index is 0.570. The molecule has 0 fully saturated rings. The lowest BCUT2D eigenvalue weighted by Crippen LogP contribution is -2.04. The van der Waals surface area contributed by atoms with Gasteiger partial charge < -0.3 is 5.32 Å². The zero-order valence-corrected chi connectivity index (χ0v) is 15.6.